The van der Waals surface area contributed by atoms with E-state index in [1.54, 1.807) is 0 Å². The van der Waals surface area contributed by atoms with Gasteiger partial charge in [-0.2, -0.15) is 0 Å². The molecule has 3 rings (SSSR count). The largest absolute Gasteiger partial charge is 0.391 e. The Morgan fingerprint density at radius 2 is 1.89 bits per heavy atom. The number of carbonyl (C=O) groups is 3. The van der Waals surface area contributed by atoms with Gasteiger partial charge in [0.25, 0.3) is 5.91 Å². The molecule has 2 aliphatic carbocycles. The minimum atomic E-state index is -3.77. The highest BCUT2D eigenvalue weighted by Crippen LogP contribution is 2.45. The molecular weight excluding hydrogens is 470 g/mol. The third kappa shape index (κ3) is 6.52. The van der Waals surface area contributed by atoms with Crippen LogP contribution >= 0.6 is 0 Å². The fourth-order valence-electron chi connectivity index (χ4n) is 5.06. The second-order valence-electron chi connectivity index (χ2n) is 10.7. The summed E-state index contributed by atoms with van der Waals surface area (Å²) in [6.07, 6.45) is 6.93. The van der Waals surface area contributed by atoms with E-state index in [4.69, 9.17) is 0 Å². The normalized spacial score (nSPS) is 29.7. The van der Waals surface area contributed by atoms with Crippen molar-refractivity contribution in [2.75, 3.05) is 6.54 Å². The van der Waals surface area contributed by atoms with Crippen molar-refractivity contribution in [1.82, 2.24) is 14.9 Å². The lowest BCUT2D eigenvalue weighted by atomic mass is 9.91. The zero-order chi connectivity index (χ0) is 26.0. The van der Waals surface area contributed by atoms with Crippen molar-refractivity contribution >= 4 is 27.7 Å². The van der Waals surface area contributed by atoms with Crippen LogP contribution in [-0.2, 0) is 24.4 Å². The monoisotopic (exact) mass is 509 g/mol. The molecule has 3 N–H and O–H groups in total. The van der Waals surface area contributed by atoms with E-state index in [1.165, 1.54) is 11.0 Å². The maximum atomic E-state index is 13.2. The molecular formula is C25H39N3O6S. The Hall–Kier alpha value is -2.20. The van der Waals surface area contributed by atoms with E-state index < -0.39 is 50.7 Å². The van der Waals surface area contributed by atoms with Crippen molar-refractivity contribution in [2.45, 2.75) is 88.1 Å². The van der Waals surface area contributed by atoms with Crippen molar-refractivity contribution in [3.8, 4) is 0 Å². The number of aliphatic hydroxyl groups is 1. The Bertz CT molecular complexity index is 962. The Morgan fingerprint density at radius 3 is 2.46 bits per heavy atom. The molecule has 0 aromatic rings. The van der Waals surface area contributed by atoms with Gasteiger partial charge in [0.15, 0.2) is 0 Å². The molecule has 3 fully saturated rings. The molecule has 6 atom stereocenters. The van der Waals surface area contributed by atoms with E-state index in [0.717, 1.165) is 19.3 Å². The van der Waals surface area contributed by atoms with Crippen LogP contribution in [0.1, 0.15) is 65.2 Å². The summed E-state index contributed by atoms with van der Waals surface area (Å²) in [7, 11) is -3.77. The van der Waals surface area contributed by atoms with Gasteiger partial charge in [0.1, 0.15) is 11.6 Å². The minimum absolute atomic E-state index is 0.0514. The van der Waals surface area contributed by atoms with Crippen molar-refractivity contribution in [3.63, 3.8) is 0 Å². The molecule has 0 spiro atoms. The first-order chi connectivity index (χ1) is 16.4. The van der Waals surface area contributed by atoms with Gasteiger partial charge >= 0.3 is 0 Å². The molecule has 0 bridgehead atoms. The predicted octanol–water partition coefficient (Wildman–Crippen LogP) is 1.64. The maximum Gasteiger partial charge on any atom is 0.259 e. The molecule has 0 radical (unpaired) electrons. The Kier molecular flexibility index (Phi) is 8.47. The van der Waals surface area contributed by atoms with Crippen molar-refractivity contribution in [2.24, 2.45) is 17.8 Å². The molecule has 9 nitrogen and oxygen atoms in total. The molecule has 1 heterocycles. The topological polar surface area (TPSA) is 133 Å². The van der Waals surface area contributed by atoms with E-state index in [0.29, 0.717) is 18.8 Å². The summed E-state index contributed by atoms with van der Waals surface area (Å²) >= 11 is 0. The highest BCUT2D eigenvalue weighted by atomic mass is 32.2. The van der Waals surface area contributed by atoms with E-state index in [2.05, 4.69) is 30.1 Å². The smallest absolute Gasteiger partial charge is 0.259 e. The third-order valence-corrected chi connectivity index (χ3v) is 9.16. The molecule has 0 aromatic carbocycles. The second-order valence-corrected chi connectivity index (χ2v) is 12.6. The number of β-amino-alcohol motifs (C(OH)–C–C–N with tert-alkyl or cyclic N) is 1. The van der Waals surface area contributed by atoms with Crippen molar-refractivity contribution in [1.29, 1.82) is 0 Å². The van der Waals surface area contributed by atoms with Gasteiger partial charge in [0, 0.05) is 25.3 Å². The van der Waals surface area contributed by atoms with Gasteiger partial charge in [0.05, 0.1) is 11.4 Å². The van der Waals surface area contributed by atoms with Gasteiger partial charge in [-0.1, -0.05) is 26.0 Å². The minimum Gasteiger partial charge on any atom is -0.391 e. The first kappa shape index (κ1) is 27.4. The van der Waals surface area contributed by atoms with Crippen LogP contribution in [0.5, 0.6) is 0 Å². The summed E-state index contributed by atoms with van der Waals surface area (Å²) in [5.41, 5.74) is -1.41. The van der Waals surface area contributed by atoms with Gasteiger partial charge in [-0.25, -0.2) is 8.42 Å². The molecule has 10 heteroatoms. The molecule has 3 aliphatic rings. The average Bonchev–Trinajstić information content (AvgIpc) is 3.69. The highest BCUT2D eigenvalue weighted by molar-refractivity contribution is 7.91. The zero-order valence-electron chi connectivity index (χ0n) is 20.7. The number of rotatable bonds is 13. The second kappa shape index (κ2) is 10.8. The lowest BCUT2D eigenvalue weighted by molar-refractivity contribution is -0.140. The number of nitrogens with one attached hydrogen (secondary N) is 2. The third-order valence-electron chi connectivity index (χ3n) is 7.34. The zero-order valence-corrected chi connectivity index (χ0v) is 21.6. The first-order valence-corrected chi connectivity index (χ1v) is 14.1. The van der Waals surface area contributed by atoms with Crippen LogP contribution in [0.2, 0.25) is 0 Å². The van der Waals surface area contributed by atoms with Crippen LogP contribution in [0.15, 0.2) is 25.3 Å². The van der Waals surface area contributed by atoms with Gasteiger partial charge in [-0.05, 0) is 50.4 Å². The molecule has 0 aromatic heterocycles. The molecule has 35 heavy (non-hydrogen) atoms. The van der Waals surface area contributed by atoms with Crippen molar-refractivity contribution < 1.29 is 27.9 Å². The number of sulfonamides is 1. The van der Waals surface area contributed by atoms with Gasteiger partial charge in [0.2, 0.25) is 21.8 Å². The standard InChI is InChI=1S/C25H39N3O6S/c1-5-7-8-16(3)11-17(4)12-22(30)28-15-19(29)13-21(28)23(31)26-25(14-18(25)6-2)24(32)27-35(33,34)20-9-10-20/h5-6,16-21,29H,1-2,7-15H2,3-4H3,(H,26,31)(H,27,32)/t16?,17-,18-,19-,21+,25-/m1/s1. The van der Waals surface area contributed by atoms with E-state index >= 15 is 0 Å². The van der Waals surface area contributed by atoms with Crippen LogP contribution < -0.4 is 10.0 Å². The summed E-state index contributed by atoms with van der Waals surface area (Å²) < 4.78 is 26.7. The van der Waals surface area contributed by atoms with Gasteiger partial charge in [-0.3, -0.25) is 19.1 Å². The number of hydrogen-bond donors (Lipinski definition) is 3. The lowest BCUT2D eigenvalue weighted by Gasteiger charge is -2.28. The number of carbonyl (C=O) groups excluding carboxylic acids is 3. The Morgan fingerprint density at radius 1 is 1.20 bits per heavy atom. The predicted molar refractivity (Wildman–Crippen MR) is 132 cm³/mol. The fourth-order valence-corrected chi connectivity index (χ4v) is 6.43. The molecule has 3 amide bonds. The quantitative estimate of drug-likeness (QED) is 0.323. The first-order valence-electron chi connectivity index (χ1n) is 12.5. The number of nitrogens with zero attached hydrogens (tertiary/aromatic N) is 1. The molecule has 1 saturated heterocycles. The van der Waals surface area contributed by atoms with Crippen LogP contribution in [0.4, 0.5) is 0 Å². The maximum absolute atomic E-state index is 13.2. The number of amides is 3. The molecule has 2 saturated carbocycles. The fraction of sp³-hybridized carbons (Fsp3) is 0.720. The van der Waals surface area contributed by atoms with E-state index in [9.17, 15) is 27.9 Å². The van der Waals surface area contributed by atoms with Crippen LogP contribution in [-0.4, -0.2) is 65.6 Å². The highest BCUT2D eigenvalue weighted by Gasteiger charge is 2.61. The van der Waals surface area contributed by atoms with E-state index in [1.807, 2.05) is 13.0 Å². The number of likely N-dealkylation sites (tertiary alicyclic amines) is 1. The van der Waals surface area contributed by atoms with Crippen LogP contribution in [0.25, 0.3) is 0 Å². The molecule has 196 valence electrons. The van der Waals surface area contributed by atoms with Crippen LogP contribution in [0.3, 0.4) is 0 Å². The molecule has 1 unspecified atom stereocenters. The Balaban J connectivity index is 1.64. The van der Waals surface area contributed by atoms with Gasteiger partial charge < -0.3 is 15.3 Å². The van der Waals surface area contributed by atoms with Gasteiger partial charge in [-0.15, -0.1) is 13.2 Å². The number of hydrogen-bond acceptors (Lipinski definition) is 6. The SMILES string of the molecule is C=CCCC(C)C[C@@H](C)CC(=O)N1C[C@H](O)C[C@H]1C(=O)N[C@]1(C(=O)NS(=O)(=O)C2CC2)C[C@H]1C=C. The Labute approximate surface area is 208 Å². The summed E-state index contributed by atoms with van der Waals surface area (Å²) in [6, 6.07) is -0.918. The summed E-state index contributed by atoms with van der Waals surface area (Å²) in [5.74, 6) is -1.41. The lowest BCUT2D eigenvalue weighted by Crippen LogP contribution is -2.56. The summed E-state index contributed by atoms with van der Waals surface area (Å²) in [6.45, 7) is 11.6. The van der Waals surface area contributed by atoms with Crippen LogP contribution in [0, 0.1) is 17.8 Å². The van der Waals surface area contributed by atoms with Crippen molar-refractivity contribution in [3.05, 3.63) is 25.3 Å². The molecule has 1 aliphatic heterocycles. The number of aliphatic hydroxyl groups excluding tert-OH is 1. The summed E-state index contributed by atoms with van der Waals surface area (Å²) in [5, 5.41) is 12.4. The summed E-state index contributed by atoms with van der Waals surface area (Å²) in [4.78, 5) is 40.6. The van der Waals surface area contributed by atoms with E-state index in [-0.39, 0.29) is 37.6 Å². The number of allylic oxidation sites excluding steroid dienone is 1. The average molecular weight is 510 g/mol.